The molecule has 2 aromatic carbocycles. The molecular formula is C21H24BrNO3. The quantitative estimate of drug-likeness (QED) is 0.572. The van der Waals surface area contributed by atoms with Gasteiger partial charge in [0.15, 0.2) is 6.10 Å². The predicted octanol–water partition coefficient (Wildman–Crippen LogP) is 5.63. The topological polar surface area (TPSA) is 46.6 Å². The number of hydrogen-bond donors (Lipinski definition) is 0. The number of nitrogens with zero attached hydrogens (tertiary/aromatic N) is 1. The normalized spacial score (nSPS) is 12.1. The van der Waals surface area contributed by atoms with Crippen molar-refractivity contribution >= 4 is 27.8 Å². The van der Waals surface area contributed by atoms with Crippen LogP contribution in [0.4, 0.5) is 4.79 Å². The molecule has 26 heavy (non-hydrogen) atoms. The first-order valence-electron chi connectivity index (χ1n) is 8.65. The minimum atomic E-state index is -0.982. The number of Topliss-reactive ketones (excluding diaryl/α,β-unsaturated/α-hetero) is 1. The minimum Gasteiger partial charge on any atom is -0.433 e. The highest BCUT2D eigenvalue weighted by Gasteiger charge is 2.30. The zero-order valence-electron chi connectivity index (χ0n) is 15.5. The van der Waals surface area contributed by atoms with E-state index in [4.69, 9.17) is 4.74 Å². The van der Waals surface area contributed by atoms with Gasteiger partial charge in [-0.15, -0.1) is 0 Å². The van der Waals surface area contributed by atoms with Crippen molar-refractivity contribution in [3.05, 3.63) is 70.2 Å². The number of halogens is 1. The largest absolute Gasteiger partial charge is 0.433 e. The van der Waals surface area contributed by atoms with Crippen LogP contribution in [0.1, 0.15) is 49.7 Å². The summed E-state index contributed by atoms with van der Waals surface area (Å²) in [5.41, 5.74) is 1.15. The molecule has 1 atom stereocenters. The Bertz CT molecular complexity index is 734. The van der Waals surface area contributed by atoms with E-state index in [9.17, 15) is 9.59 Å². The lowest BCUT2D eigenvalue weighted by molar-refractivity contribution is 0.0383. The van der Waals surface area contributed by atoms with E-state index in [-0.39, 0.29) is 17.9 Å². The van der Waals surface area contributed by atoms with Gasteiger partial charge in [-0.2, -0.15) is 0 Å². The summed E-state index contributed by atoms with van der Waals surface area (Å²) in [6.07, 6.45) is -1.47. The molecule has 1 amide bonds. The lowest BCUT2D eigenvalue weighted by atomic mass is 10.00. The van der Waals surface area contributed by atoms with Gasteiger partial charge < -0.3 is 9.64 Å². The summed E-state index contributed by atoms with van der Waals surface area (Å²) in [4.78, 5) is 27.4. The highest BCUT2D eigenvalue weighted by Crippen LogP contribution is 2.25. The summed E-state index contributed by atoms with van der Waals surface area (Å²) >= 11 is 3.36. The first kappa shape index (κ1) is 20.2. The van der Waals surface area contributed by atoms with Crippen molar-refractivity contribution in [1.82, 2.24) is 4.90 Å². The third-order valence-corrected chi connectivity index (χ3v) is 4.54. The highest BCUT2D eigenvalue weighted by molar-refractivity contribution is 9.10. The zero-order valence-corrected chi connectivity index (χ0v) is 17.1. The maximum absolute atomic E-state index is 13.0. The summed E-state index contributed by atoms with van der Waals surface area (Å²) < 4.78 is 6.58. The van der Waals surface area contributed by atoms with Crippen LogP contribution >= 0.6 is 15.9 Å². The number of ether oxygens (including phenoxy) is 1. The van der Waals surface area contributed by atoms with Crippen molar-refractivity contribution in [3.8, 4) is 0 Å². The molecule has 2 aromatic rings. The Morgan fingerprint density at radius 1 is 0.885 bits per heavy atom. The third-order valence-electron chi connectivity index (χ3n) is 4.01. The van der Waals surface area contributed by atoms with Gasteiger partial charge in [0.05, 0.1) is 0 Å². The second kappa shape index (κ2) is 8.99. The fourth-order valence-electron chi connectivity index (χ4n) is 2.85. The molecule has 2 rings (SSSR count). The molecule has 0 spiro atoms. The van der Waals surface area contributed by atoms with E-state index >= 15 is 0 Å². The van der Waals surface area contributed by atoms with Gasteiger partial charge >= 0.3 is 6.09 Å². The van der Waals surface area contributed by atoms with Gasteiger partial charge in [0.1, 0.15) is 0 Å². The number of carbonyl (C=O) groups is 2. The number of ketones is 1. The number of rotatable bonds is 6. The SMILES string of the molecule is CC(C)N(C(=O)O[C@@H](C(=O)c1ccc(Br)cc1)c1ccccc1)C(C)C. The molecular weight excluding hydrogens is 394 g/mol. The molecule has 0 aliphatic carbocycles. The number of benzene rings is 2. The molecule has 0 unspecified atom stereocenters. The van der Waals surface area contributed by atoms with E-state index < -0.39 is 12.2 Å². The van der Waals surface area contributed by atoms with Crippen LogP contribution in [0.5, 0.6) is 0 Å². The van der Waals surface area contributed by atoms with Crippen molar-refractivity contribution in [3.63, 3.8) is 0 Å². The van der Waals surface area contributed by atoms with Crippen LogP contribution in [0.25, 0.3) is 0 Å². The van der Waals surface area contributed by atoms with Crippen molar-refractivity contribution < 1.29 is 14.3 Å². The molecule has 0 aliphatic heterocycles. The molecule has 4 nitrogen and oxygen atoms in total. The molecule has 0 aromatic heterocycles. The lowest BCUT2D eigenvalue weighted by Gasteiger charge is -2.31. The van der Waals surface area contributed by atoms with Crippen LogP contribution in [0.15, 0.2) is 59.1 Å². The van der Waals surface area contributed by atoms with E-state index in [1.165, 1.54) is 0 Å². The van der Waals surface area contributed by atoms with Gasteiger partial charge in [-0.25, -0.2) is 4.79 Å². The molecule has 0 saturated carbocycles. The average Bonchev–Trinajstić information content (AvgIpc) is 2.60. The molecule has 0 heterocycles. The van der Waals surface area contributed by atoms with Gasteiger partial charge in [0, 0.05) is 27.7 Å². The Morgan fingerprint density at radius 3 is 1.92 bits per heavy atom. The van der Waals surface area contributed by atoms with Crippen LogP contribution in [0.3, 0.4) is 0 Å². The second-order valence-corrected chi connectivity index (χ2v) is 7.56. The maximum atomic E-state index is 13.0. The van der Waals surface area contributed by atoms with Crippen molar-refractivity contribution in [2.45, 2.75) is 45.9 Å². The van der Waals surface area contributed by atoms with Crippen molar-refractivity contribution in [2.75, 3.05) is 0 Å². The lowest BCUT2D eigenvalue weighted by Crippen LogP contribution is -2.43. The zero-order chi connectivity index (χ0) is 19.3. The highest BCUT2D eigenvalue weighted by atomic mass is 79.9. The molecule has 0 N–H and O–H groups in total. The molecule has 5 heteroatoms. The fourth-order valence-corrected chi connectivity index (χ4v) is 3.11. The molecule has 0 aliphatic rings. The van der Waals surface area contributed by atoms with E-state index in [1.807, 2.05) is 45.9 Å². The first-order valence-corrected chi connectivity index (χ1v) is 9.44. The Balaban J connectivity index is 2.34. The van der Waals surface area contributed by atoms with E-state index in [0.717, 1.165) is 4.47 Å². The fraction of sp³-hybridized carbons (Fsp3) is 0.333. The van der Waals surface area contributed by atoms with Gasteiger partial charge in [0.25, 0.3) is 0 Å². The van der Waals surface area contributed by atoms with Crippen LogP contribution in [0, 0.1) is 0 Å². The van der Waals surface area contributed by atoms with Crippen LogP contribution in [-0.4, -0.2) is 28.9 Å². The Kier molecular flexibility index (Phi) is 6.98. The van der Waals surface area contributed by atoms with E-state index in [2.05, 4.69) is 15.9 Å². The van der Waals surface area contributed by atoms with Gasteiger partial charge in [-0.3, -0.25) is 4.79 Å². The second-order valence-electron chi connectivity index (χ2n) is 6.64. The Hall–Kier alpha value is -2.14. The smallest absolute Gasteiger partial charge is 0.411 e. The summed E-state index contributed by atoms with van der Waals surface area (Å²) in [5.74, 6) is -0.246. The first-order chi connectivity index (χ1) is 12.3. The Morgan fingerprint density at radius 2 is 1.42 bits per heavy atom. The van der Waals surface area contributed by atoms with E-state index in [1.54, 1.807) is 41.3 Å². The standard InChI is InChI=1S/C21H24BrNO3/c1-14(2)23(15(3)4)21(25)26-20(17-8-6-5-7-9-17)19(24)16-10-12-18(22)13-11-16/h5-15,20H,1-4H3/t20-/m1/s1. The summed E-state index contributed by atoms with van der Waals surface area (Å²) in [6, 6.07) is 16.1. The predicted molar refractivity (Wildman–Crippen MR) is 106 cm³/mol. The summed E-state index contributed by atoms with van der Waals surface area (Å²) in [6.45, 7) is 7.70. The molecule has 0 saturated heterocycles. The average molecular weight is 418 g/mol. The monoisotopic (exact) mass is 417 g/mol. The maximum Gasteiger partial charge on any atom is 0.411 e. The van der Waals surface area contributed by atoms with Crippen molar-refractivity contribution in [2.24, 2.45) is 0 Å². The molecule has 0 fully saturated rings. The number of amides is 1. The van der Waals surface area contributed by atoms with Crippen LogP contribution < -0.4 is 0 Å². The third kappa shape index (κ3) is 4.94. The summed E-state index contributed by atoms with van der Waals surface area (Å²) in [7, 11) is 0. The van der Waals surface area contributed by atoms with Gasteiger partial charge in [0.2, 0.25) is 5.78 Å². The minimum absolute atomic E-state index is 0.0262. The van der Waals surface area contributed by atoms with Crippen LogP contribution in [-0.2, 0) is 4.74 Å². The van der Waals surface area contributed by atoms with Crippen LogP contribution in [0.2, 0.25) is 0 Å². The molecule has 0 radical (unpaired) electrons. The molecule has 138 valence electrons. The number of carbonyl (C=O) groups excluding carboxylic acids is 2. The summed E-state index contributed by atoms with van der Waals surface area (Å²) in [5, 5.41) is 0. The Labute approximate surface area is 163 Å². The molecule has 0 bridgehead atoms. The van der Waals surface area contributed by atoms with E-state index in [0.29, 0.717) is 11.1 Å². The van der Waals surface area contributed by atoms with Crippen molar-refractivity contribution in [1.29, 1.82) is 0 Å². The number of hydrogen-bond acceptors (Lipinski definition) is 3. The van der Waals surface area contributed by atoms with Gasteiger partial charge in [-0.1, -0.05) is 58.4 Å². The van der Waals surface area contributed by atoms with Gasteiger partial charge in [-0.05, 0) is 39.8 Å².